The van der Waals surface area contributed by atoms with Crippen LogP contribution in [-0.4, -0.2) is 38.4 Å². The van der Waals surface area contributed by atoms with Crippen molar-refractivity contribution >= 4 is 21.2 Å². The lowest BCUT2D eigenvalue weighted by atomic mass is 10.2. The van der Waals surface area contributed by atoms with E-state index in [1.54, 1.807) is 0 Å². The first-order valence-electron chi connectivity index (χ1n) is 5.94. The van der Waals surface area contributed by atoms with Crippen molar-refractivity contribution in [1.82, 2.24) is 4.90 Å². The van der Waals surface area contributed by atoms with E-state index in [1.807, 2.05) is 11.3 Å². The summed E-state index contributed by atoms with van der Waals surface area (Å²) in [5.74, 6) is 0.272. The second kappa shape index (κ2) is 5.08. The van der Waals surface area contributed by atoms with Gasteiger partial charge >= 0.3 is 0 Å². The zero-order chi connectivity index (χ0) is 12.5. The molecule has 1 aliphatic rings. The number of thiophene rings is 1. The fourth-order valence-electron chi connectivity index (χ4n) is 2.33. The van der Waals surface area contributed by atoms with E-state index in [2.05, 4.69) is 24.0 Å². The van der Waals surface area contributed by atoms with Crippen molar-refractivity contribution < 1.29 is 8.42 Å². The predicted molar refractivity (Wildman–Crippen MR) is 72.3 cm³/mol. The van der Waals surface area contributed by atoms with Crippen LogP contribution in [0.5, 0.6) is 0 Å². The summed E-state index contributed by atoms with van der Waals surface area (Å²) in [6.07, 6.45) is 3.64. The molecule has 1 aromatic rings. The topological polar surface area (TPSA) is 37.4 Å². The fraction of sp³-hybridized carbons (Fsp3) is 0.667. The molecule has 0 N–H and O–H groups in total. The molecular weight excluding hydrogens is 254 g/mol. The Morgan fingerprint density at radius 2 is 2.24 bits per heavy atom. The van der Waals surface area contributed by atoms with Gasteiger partial charge in [0.2, 0.25) is 0 Å². The number of likely N-dealkylation sites (tertiary alicyclic amines) is 1. The molecule has 0 radical (unpaired) electrons. The largest absolute Gasteiger partial charge is 0.295 e. The zero-order valence-electron chi connectivity index (χ0n) is 10.3. The van der Waals surface area contributed by atoms with Crippen LogP contribution in [0, 0.1) is 6.92 Å². The molecule has 17 heavy (non-hydrogen) atoms. The van der Waals surface area contributed by atoms with Crippen LogP contribution in [0.1, 0.15) is 28.6 Å². The minimum Gasteiger partial charge on any atom is -0.295 e. The van der Waals surface area contributed by atoms with Crippen molar-refractivity contribution in [3.8, 4) is 0 Å². The molecular formula is C12H19NO2S2. The van der Waals surface area contributed by atoms with Gasteiger partial charge in [-0.2, -0.15) is 0 Å². The van der Waals surface area contributed by atoms with Crippen molar-refractivity contribution in [2.75, 3.05) is 25.1 Å². The van der Waals surface area contributed by atoms with Crippen LogP contribution >= 0.6 is 11.3 Å². The van der Waals surface area contributed by atoms with Gasteiger partial charge in [-0.25, -0.2) is 8.42 Å². The molecule has 5 heteroatoms. The number of sulfone groups is 1. The Bertz CT molecular complexity index is 478. The van der Waals surface area contributed by atoms with Crippen molar-refractivity contribution in [2.24, 2.45) is 0 Å². The highest BCUT2D eigenvalue weighted by atomic mass is 32.2. The van der Waals surface area contributed by atoms with Crippen LogP contribution in [0.2, 0.25) is 0 Å². The summed E-state index contributed by atoms with van der Waals surface area (Å²) in [4.78, 5) is 5.02. The molecule has 1 aromatic heterocycles. The molecule has 2 rings (SSSR count). The third-order valence-electron chi connectivity index (χ3n) is 3.20. The molecule has 0 bridgehead atoms. The maximum Gasteiger partial charge on any atom is 0.148 e. The van der Waals surface area contributed by atoms with Crippen molar-refractivity contribution in [3.63, 3.8) is 0 Å². The Labute approximate surface area is 107 Å². The molecule has 2 heterocycles. The Hall–Kier alpha value is -0.390. The third-order valence-corrected chi connectivity index (χ3v) is 5.23. The summed E-state index contributed by atoms with van der Waals surface area (Å²) < 4.78 is 22.4. The van der Waals surface area contributed by atoms with Crippen molar-refractivity contribution in [2.45, 2.75) is 25.8 Å². The minimum absolute atomic E-state index is 0.272. The lowest BCUT2D eigenvalue weighted by Crippen LogP contribution is -2.28. The quantitative estimate of drug-likeness (QED) is 0.844. The molecule has 96 valence electrons. The van der Waals surface area contributed by atoms with Crippen LogP contribution in [0.25, 0.3) is 0 Å². The summed E-state index contributed by atoms with van der Waals surface area (Å²) in [5, 5.41) is 0. The first-order valence-corrected chi connectivity index (χ1v) is 8.81. The Morgan fingerprint density at radius 1 is 1.47 bits per heavy atom. The third kappa shape index (κ3) is 3.53. The summed E-state index contributed by atoms with van der Waals surface area (Å²) in [5.41, 5.74) is 0. The van der Waals surface area contributed by atoms with E-state index in [9.17, 15) is 8.42 Å². The van der Waals surface area contributed by atoms with Gasteiger partial charge in [0.25, 0.3) is 0 Å². The van der Waals surface area contributed by atoms with Gasteiger partial charge in [-0.15, -0.1) is 11.3 Å². The normalized spacial score (nSPS) is 22.1. The molecule has 0 spiro atoms. The van der Waals surface area contributed by atoms with Crippen LogP contribution in [0.4, 0.5) is 0 Å². The SMILES string of the molecule is Cc1ccc(C2CCCN2CCS(C)(=O)=O)s1. The van der Waals surface area contributed by atoms with E-state index < -0.39 is 9.84 Å². The molecule has 3 nitrogen and oxygen atoms in total. The highest BCUT2D eigenvalue weighted by Crippen LogP contribution is 2.35. The molecule has 0 aromatic carbocycles. The predicted octanol–water partition coefficient (Wildman–Crippen LogP) is 2.24. The monoisotopic (exact) mass is 273 g/mol. The van der Waals surface area contributed by atoms with Gasteiger partial charge in [0.1, 0.15) is 9.84 Å². The maximum absolute atomic E-state index is 11.2. The lowest BCUT2D eigenvalue weighted by molar-refractivity contribution is 0.276. The second-order valence-corrected chi connectivity index (χ2v) is 8.35. The van der Waals surface area contributed by atoms with Gasteiger partial charge in [0.05, 0.1) is 5.75 Å². The van der Waals surface area contributed by atoms with E-state index in [0.29, 0.717) is 12.6 Å². The smallest absolute Gasteiger partial charge is 0.148 e. The molecule has 1 atom stereocenters. The number of hydrogen-bond acceptors (Lipinski definition) is 4. The highest BCUT2D eigenvalue weighted by molar-refractivity contribution is 7.90. The van der Waals surface area contributed by atoms with Crippen molar-refractivity contribution in [3.05, 3.63) is 21.9 Å². The average molecular weight is 273 g/mol. The second-order valence-electron chi connectivity index (χ2n) is 4.77. The van der Waals surface area contributed by atoms with Crippen LogP contribution in [0.15, 0.2) is 12.1 Å². The van der Waals surface area contributed by atoms with Crippen LogP contribution in [-0.2, 0) is 9.84 Å². The first-order chi connectivity index (χ1) is 7.96. The fourth-order valence-corrected chi connectivity index (χ4v) is 3.94. The van der Waals surface area contributed by atoms with Crippen molar-refractivity contribution in [1.29, 1.82) is 0 Å². The van der Waals surface area contributed by atoms with Gasteiger partial charge in [0, 0.05) is 28.6 Å². The van der Waals surface area contributed by atoms with Crippen LogP contribution < -0.4 is 0 Å². The molecule has 0 aliphatic carbocycles. The Kier molecular flexibility index (Phi) is 3.90. The van der Waals surface area contributed by atoms with Gasteiger partial charge in [-0.3, -0.25) is 4.90 Å². The number of hydrogen-bond donors (Lipinski definition) is 0. The Morgan fingerprint density at radius 3 is 2.82 bits per heavy atom. The van der Waals surface area contributed by atoms with E-state index in [1.165, 1.54) is 22.4 Å². The van der Waals surface area contributed by atoms with Gasteiger partial charge in [-0.05, 0) is 38.4 Å². The average Bonchev–Trinajstić information content (AvgIpc) is 2.81. The van der Waals surface area contributed by atoms with E-state index in [4.69, 9.17) is 0 Å². The van der Waals surface area contributed by atoms with Gasteiger partial charge in [0.15, 0.2) is 0 Å². The number of rotatable bonds is 4. The van der Waals surface area contributed by atoms with Gasteiger partial charge < -0.3 is 0 Å². The van der Waals surface area contributed by atoms with E-state index in [0.717, 1.165) is 13.0 Å². The zero-order valence-corrected chi connectivity index (χ0v) is 12.0. The highest BCUT2D eigenvalue weighted by Gasteiger charge is 2.27. The summed E-state index contributed by atoms with van der Waals surface area (Å²) >= 11 is 1.83. The maximum atomic E-state index is 11.2. The Balaban J connectivity index is 2.02. The standard InChI is InChI=1S/C12H19NO2S2/c1-10-5-6-12(16-10)11-4-3-7-13(11)8-9-17(2,14)15/h5-6,11H,3-4,7-9H2,1-2H3. The number of nitrogens with zero attached hydrogens (tertiary/aromatic N) is 1. The van der Waals surface area contributed by atoms with E-state index in [-0.39, 0.29) is 5.75 Å². The van der Waals surface area contributed by atoms with E-state index >= 15 is 0 Å². The molecule has 1 fully saturated rings. The van der Waals surface area contributed by atoms with Crippen LogP contribution in [0.3, 0.4) is 0 Å². The number of aryl methyl sites for hydroxylation is 1. The molecule has 0 saturated carbocycles. The molecule has 1 aliphatic heterocycles. The molecule has 1 saturated heterocycles. The summed E-state index contributed by atoms with van der Waals surface area (Å²) in [7, 11) is -2.85. The molecule has 0 amide bonds. The lowest BCUT2D eigenvalue weighted by Gasteiger charge is -2.22. The van der Waals surface area contributed by atoms with Gasteiger partial charge in [-0.1, -0.05) is 0 Å². The first kappa shape index (κ1) is 13.1. The summed E-state index contributed by atoms with van der Waals surface area (Å²) in [6, 6.07) is 4.77. The summed E-state index contributed by atoms with van der Waals surface area (Å²) in [6.45, 7) is 3.81. The molecule has 1 unspecified atom stereocenters. The minimum atomic E-state index is -2.85.